The summed E-state index contributed by atoms with van der Waals surface area (Å²) in [6, 6.07) is 0.972. The zero-order valence-electron chi connectivity index (χ0n) is 9.49. The summed E-state index contributed by atoms with van der Waals surface area (Å²) in [5, 5.41) is -0.0693. The van der Waals surface area contributed by atoms with Crippen molar-refractivity contribution in [2.45, 2.75) is 37.2 Å². The van der Waals surface area contributed by atoms with Crippen LogP contribution in [0.4, 0.5) is 0 Å². The van der Waals surface area contributed by atoms with E-state index < -0.39 is 0 Å². The summed E-state index contributed by atoms with van der Waals surface area (Å²) in [4.78, 5) is 8.81. The highest BCUT2D eigenvalue weighted by Crippen LogP contribution is 2.48. The molecule has 3 atom stereocenters. The molecular weight excluding hydrogens is 173 g/mol. The van der Waals surface area contributed by atoms with Gasteiger partial charge in [0.05, 0.1) is 13.9 Å². The average molecular weight is 191 g/mol. The maximum atomic E-state index is 6.31. The summed E-state index contributed by atoms with van der Waals surface area (Å²) in [6.45, 7) is 2.15. The molecule has 0 N–H and O–H groups in total. The van der Waals surface area contributed by atoms with Gasteiger partial charge in [-0.2, -0.15) is 0 Å². The van der Waals surface area contributed by atoms with E-state index in [4.69, 9.17) is 7.85 Å². The molecule has 2 fully saturated rings. The van der Waals surface area contributed by atoms with Crippen LogP contribution in [0.1, 0.15) is 19.8 Å². The van der Waals surface area contributed by atoms with E-state index in [9.17, 15) is 0 Å². The number of guanidine groups is 1. The van der Waals surface area contributed by atoms with Gasteiger partial charge in [0.15, 0.2) is 5.96 Å². The molecule has 0 aromatic heterocycles. The molecule has 1 aliphatic heterocycles. The molecule has 2 radical (unpaired) electrons. The van der Waals surface area contributed by atoms with Crippen molar-refractivity contribution in [1.82, 2.24) is 9.80 Å². The number of aliphatic imine (C=N–C) groups is 1. The van der Waals surface area contributed by atoms with Gasteiger partial charge in [-0.15, -0.1) is 0 Å². The van der Waals surface area contributed by atoms with E-state index in [1.54, 1.807) is 0 Å². The summed E-state index contributed by atoms with van der Waals surface area (Å²) in [7, 11) is 12.4. The molecule has 0 amide bonds. The Morgan fingerprint density at radius 3 is 2.57 bits per heavy atom. The van der Waals surface area contributed by atoms with Crippen LogP contribution in [0.15, 0.2) is 4.99 Å². The fourth-order valence-corrected chi connectivity index (χ4v) is 3.15. The highest BCUT2D eigenvalue weighted by atomic mass is 15.5. The normalized spacial score (nSPS) is 45.0. The van der Waals surface area contributed by atoms with Crippen molar-refractivity contribution in [3.8, 4) is 0 Å². The first-order valence-electron chi connectivity index (χ1n) is 5.20. The lowest BCUT2D eigenvalue weighted by Gasteiger charge is -2.32. The molecule has 2 rings (SSSR count). The Kier molecular flexibility index (Phi) is 2.05. The molecule has 0 aromatic rings. The quantitative estimate of drug-likeness (QED) is 0.525. The lowest BCUT2D eigenvalue weighted by atomic mass is 9.66. The van der Waals surface area contributed by atoms with Crippen LogP contribution in [0.25, 0.3) is 0 Å². The number of rotatable bonds is 0. The van der Waals surface area contributed by atoms with Crippen molar-refractivity contribution in [1.29, 1.82) is 0 Å². The summed E-state index contributed by atoms with van der Waals surface area (Å²) in [6.07, 6.45) is 2.28. The third-order valence-electron chi connectivity index (χ3n) is 3.76. The van der Waals surface area contributed by atoms with E-state index in [-0.39, 0.29) is 5.31 Å². The molecule has 1 heterocycles. The van der Waals surface area contributed by atoms with Crippen molar-refractivity contribution in [3.63, 3.8) is 0 Å². The minimum Gasteiger partial charge on any atom is -0.341 e. The molecule has 3 nitrogen and oxygen atoms in total. The predicted octanol–water partition coefficient (Wildman–Crippen LogP) is 0.728. The summed E-state index contributed by atoms with van der Waals surface area (Å²) in [5.74, 6) is 1.07. The van der Waals surface area contributed by atoms with E-state index in [0.717, 1.165) is 12.4 Å². The summed E-state index contributed by atoms with van der Waals surface area (Å²) in [5.41, 5.74) is 0. The molecular formula is C10H18BN3. The average Bonchev–Trinajstić information content (AvgIpc) is 2.53. The molecule has 4 heteroatoms. The van der Waals surface area contributed by atoms with Crippen LogP contribution < -0.4 is 0 Å². The van der Waals surface area contributed by atoms with Crippen LogP contribution in [0.2, 0.25) is 5.31 Å². The largest absolute Gasteiger partial charge is 0.341 e. The molecule has 14 heavy (non-hydrogen) atoms. The second kappa shape index (κ2) is 2.91. The Morgan fingerprint density at radius 1 is 1.43 bits per heavy atom. The van der Waals surface area contributed by atoms with Gasteiger partial charge in [0.25, 0.3) is 0 Å². The van der Waals surface area contributed by atoms with Crippen LogP contribution in [0.5, 0.6) is 0 Å². The third-order valence-corrected chi connectivity index (χ3v) is 3.76. The van der Waals surface area contributed by atoms with Crippen molar-refractivity contribution >= 4 is 13.8 Å². The maximum Gasteiger partial charge on any atom is 0.196 e. The minimum atomic E-state index is -0.0693. The number of fused-ring (bicyclic) bond motifs is 1. The summed E-state index contributed by atoms with van der Waals surface area (Å²) < 4.78 is 0. The van der Waals surface area contributed by atoms with Gasteiger partial charge in [-0.25, -0.2) is 0 Å². The first-order valence-corrected chi connectivity index (χ1v) is 5.20. The van der Waals surface area contributed by atoms with E-state index in [1.165, 1.54) is 6.42 Å². The molecule has 0 aromatic carbocycles. The van der Waals surface area contributed by atoms with Gasteiger partial charge >= 0.3 is 0 Å². The van der Waals surface area contributed by atoms with E-state index >= 15 is 0 Å². The van der Waals surface area contributed by atoms with Crippen molar-refractivity contribution in [2.24, 2.45) is 4.99 Å². The van der Waals surface area contributed by atoms with E-state index in [2.05, 4.69) is 35.8 Å². The maximum absolute atomic E-state index is 6.31. The SMILES string of the molecule is [B]C1(C)CCC2C1N(C)C(=NC)N2C. The van der Waals surface area contributed by atoms with Gasteiger partial charge in [-0.05, 0) is 11.7 Å². The topological polar surface area (TPSA) is 18.8 Å². The van der Waals surface area contributed by atoms with Crippen molar-refractivity contribution in [3.05, 3.63) is 0 Å². The number of hydrogen-bond acceptors (Lipinski definition) is 1. The van der Waals surface area contributed by atoms with Crippen molar-refractivity contribution in [2.75, 3.05) is 21.1 Å². The van der Waals surface area contributed by atoms with Gasteiger partial charge in [0.2, 0.25) is 0 Å². The van der Waals surface area contributed by atoms with Gasteiger partial charge in [0.1, 0.15) is 0 Å². The molecule has 0 spiro atoms. The smallest absolute Gasteiger partial charge is 0.196 e. The third kappa shape index (κ3) is 1.09. The van der Waals surface area contributed by atoms with Gasteiger partial charge in [-0.1, -0.05) is 13.3 Å². The van der Waals surface area contributed by atoms with Crippen LogP contribution in [0, 0.1) is 0 Å². The lowest BCUT2D eigenvalue weighted by molar-refractivity contribution is 0.309. The van der Waals surface area contributed by atoms with Crippen LogP contribution >= 0.6 is 0 Å². The van der Waals surface area contributed by atoms with E-state index in [1.807, 2.05) is 7.05 Å². The molecule has 1 saturated heterocycles. The molecule has 0 bridgehead atoms. The standard InChI is InChI=1S/C10H18BN3/c1-10(11)6-5-7-8(10)14(4)9(12-2)13(7)3/h7-8H,5-6H2,1-4H3. The molecule has 2 aliphatic rings. The highest BCUT2D eigenvalue weighted by molar-refractivity contribution is 6.16. The monoisotopic (exact) mass is 191 g/mol. The van der Waals surface area contributed by atoms with Gasteiger partial charge in [0, 0.05) is 27.2 Å². The number of hydrogen-bond donors (Lipinski definition) is 0. The predicted molar refractivity (Wildman–Crippen MR) is 59.8 cm³/mol. The fraction of sp³-hybridized carbons (Fsp3) is 0.900. The zero-order valence-corrected chi connectivity index (χ0v) is 9.49. The zero-order chi connectivity index (χ0) is 10.5. The highest BCUT2D eigenvalue weighted by Gasteiger charge is 2.51. The Morgan fingerprint density at radius 2 is 2.07 bits per heavy atom. The lowest BCUT2D eigenvalue weighted by Crippen LogP contribution is -2.38. The first kappa shape index (κ1) is 9.87. The minimum absolute atomic E-state index is 0.0693. The number of likely N-dealkylation sites (N-methyl/N-ethyl adjacent to an activating group) is 2. The second-order valence-corrected chi connectivity index (χ2v) is 4.80. The molecule has 76 valence electrons. The van der Waals surface area contributed by atoms with Crippen LogP contribution in [-0.4, -0.2) is 56.8 Å². The van der Waals surface area contributed by atoms with Crippen LogP contribution in [0.3, 0.4) is 0 Å². The van der Waals surface area contributed by atoms with E-state index in [0.29, 0.717) is 12.1 Å². The van der Waals surface area contributed by atoms with Gasteiger partial charge in [-0.3, -0.25) is 4.99 Å². The Hall–Kier alpha value is -0.665. The Bertz CT molecular complexity index is 275. The Balaban J connectivity index is 2.34. The number of nitrogens with zero attached hydrogens (tertiary/aromatic N) is 3. The Labute approximate surface area is 87.6 Å². The molecule has 1 aliphatic carbocycles. The van der Waals surface area contributed by atoms with Crippen molar-refractivity contribution < 1.29 is 0 Å². The molecule has 3 unspecified atom stereocenters. The fourth-order valence-electron chi connectivity index (χ4n) is 3.15. The first-order chi connectivity index (χ1) is 6.49. The molecule has 1 saturated carbocycles. The van der Waals surface area contributed by atoms with Gasteiger partial charge < -0.3 is 9.80 Å². The summed E-state index contributed by atoms with van der Waals surface area (Å²) >= 11 is 0. The second-order valence-electron chi connectivity index (χ2n) is 4.80. The van der Waals surface area contributed by atoms with Crippen LogP contribution in [-0.2, 0) is 0 Å².